The van der Waals surface area contributed by atoms with Crippen molar-refractivity contribution in [3.63, 3.8) is 0 Å². The van der Waals surface area contributed by atoms with Crippen LogP contribution in [0.1, 0.15) is 15.9 Å². The molecule has 3 nitrogen and oxygen atoms in total. The van der Waals surface area contributed by atoms with Crippen molar-refractivity contribution in [3.8, 4) is 11.5 Å². The Morgan fingerprint density at radius 3 is 2.16 bits per heavy atom. The summed E-state index contributed by atoms with van der Waals surface area (Å²) in [6, 6.07) is 16.4. The van der Waals surface area contributed by atoms with Gasteiger partial charge in [-0.05, 0) is 10.9 Å². The van der Waals surface area contributed by atoms with Gasteiger partial charge in [-0.3, -0.25) is 4.79 Å². The van der Waals surface area contributed by atoms with Gasteiger partial charge in [-0.25, -0.2) is 0 Å². The van der Waals surface area contributed by atoms with E-state index >= 15 is 0 Å². The van der Waals surface area contributed by atoms with E-state index in [2.05, 4.69) is 4.74 Å². The molecule has 0 aliphatic rings. The van der Waals surface area contributed by atoms with Gasteiger partial charge in [0.15, 0.2) is 6.29 Å². The summed E-state index contributed by atoms with van der Waals surface area (Å²) >= 11 is 0. The summed E-state index contributed by atoms with van der Waals surface area (Å²) < 4.78 is 47.8. The van der Waals surface area contributed by atoms with Gasteiger partial charge in [0, 0.05) is 11.5 Å². The lowest BCUT2D eigenvalue weighted by Gasteiger charge is -2.16. The molecule has 0 heterocycles. The first-order valence-corrected chi connectivity index (χ1v) is 7.41. The van der Waals surface area contributed by atoms with Crippen LogP contribution in [0.5, 0.6) is 11.5 Å². The largest absolute Gasteiger partial charge is 0.573 e. The second kappa shape index (κ2) is 6.84. The summed E-state index contributed by atoms with van der Waals surface area (Å²) in [5.74, 6) is -0.367. The first kappa shape index (κ1) is 16.8. The zero-order valence-electron chi connectivity index (χ0n) is 12.9. The Hall–Kier alpha value is -3.02. The van der Waals surface area contributed by atoms with Crippen molar-refractivity contribution < 1.29 is 27.4 Å². The fourth-order valence-electron chi connectivity index (χ4n) is 2.53. The van der Waals surface area contributed by atoms with Crippen LogP contribution < -0.4 is 9.47 Å². The van der Waals surface area contributed by atoms with Crippen molar-refractivity contribution >= 4 is 17.1 Å². The van der Waals surface area contributed by atoms with E-state index in [1.165, 1.54) is 6.07 Å². The Morgan fingerprint density at radius 1 is 0.880 bits per heavy atom. The number of fused-ring (bicyclic) bond motifs is 1. The SMILES string of the molecule is O=Cc1c(OCc2ccccc2)cc(OC(F)(F)F)c2ccccc12. The molecule has 128 valence electrons. The average Bonchev–Trinajstić information content (AvgIpc) is 2.59. The standard InChI is InChI=1S/C19H13F3O3/c20-19(21,22)25-18-10-17(24-12-13-6-2-1-3-7-13)16(11-23)14-8-4-5-9-15(14)18/h1-11H,12H2. The van der Waals surface area contributed by atoms with Crippen LogP contribution in [0.2, 0.25) is 0 Å². The van der Waals surface area contributed by atoms with Crippen LogP contribution in [-0.4, -0.2) is 12.6 Å². The second-order valence-electron chi connectivity index (χ2n) is 5.27. The molecule has 0 spiro atoms. The maximum Gasteiger partial charge on any atom is 0.573 e. The molecule has 0 aromatic heterocycles. The van der Waals surface area contributed by atoms with Crippen LogP contribution in [0.3, 0.4) is 0 Å². The third-order valence-corrected chi connectivity index (χ3v) is 3.59. The molecular weight excluding hydrogens is 333 g/mol. The third-order valence-electron chi connectivity index (χ3n) is 3.59. The second-order valence-corrected chi connectivity index (χ2v) is 5.27. The Balaban J connectivity index is 2.05. The number of hydrogen-bond donors (Lipinski definition) is 0. The summed E-state index contributed by atoms with van der Waals surface area (Å²) in [4.78, 5) is 11.5. The molecule has 0 aliphatic heterocycles. The van der Waals surface area contributed by atoms with E-state index in [0.29, 0.717) is 11.7 Å². The molecule has 0 atom stereocenters. The van der Waals surface area contributed by atoms with Crippen LogP contribution in [0.15, 0.2) is 60.7 Å². The van der Waals surface area contributed by atoms with Crippen molar-refractivity contribution in [3.05, 3.63) is 71.8 Å². The Kier molecular flexibility index (Phi) is 4.61. The van der Waals surface area contributed by atoms with Crippen LogP contribution in [-0.2, 0) is 6.61 Å². The molecule has 0 aliphatic carbocycles. The molecule has 3 aromatic rings. The van der Waals surface area contributed by atoms with E-state index in [-0.39, 0.29) is 23.3 Å². The number of rotatable bonds is 5. The monoisotopic (exact) mass is 346 g/mol. The fourth-order valence-corrected chi connectivity index (χ4v) is 2.53. The zero-order valence-corrected chi connectivity index (χ0v) is 12.9. The van der Waals surface area contributed by atoms with Crippen molar-refractivity contribution in [1.82, 2.24) is 0 Å². The molecule has 0 amide bonds. The Bertz CT molecular complexity index is 890. The molecule has 0 bridgehead atoms. The highest BCUT2D eigenvalue weighted by Crippen LogP contribution is 2.37. The molecular formula is C19H13F3O3. The number of hydrogen-bond acceptors (Lipinski definition) is 3. The summed E-state index contributed by atoms with van der Waals surface area (Å²) in [6.45, 7) is 0.117. The molecule has 3 aromatic carbocycles. The van der Waals surface area contributed by atoms with Crippen LogP contribution in [0.4, 0.5) is 13.2 Å². The lowest BCUT2D eigenvalue weighted by molar-refractivity contribution is -0.274. The number of alkyl halides is 3. The van der Waals surface area contributed by atoms with Gasteiger partial charge in [0.1, 0.15) is 18.1 Å². The minimum absolute atomic E-state index is 0.0387. The number of halogens is 3. The highest BCUT2D eigenvalue weighted by atomic mass is 19.4. The molecule has 0 N–H and O–H groups in total. The number of benzene rings is 3. The van der Waals surface area contributed by atoms with Crippen molar-refractivity contribution in [1.29, 1.82) is 0 Å². The number of ether oxygens (including phenoxy) is 2. The lowest BCUT2D eigenvalue weighted by Crippen LogP contribution is -2.17. The Morgan fingerprint density at radius 2 is 1.52 bits per heavy atom. The van der Waals surface area contributed by atoms with E-state index in [1.54, 1.807) is 18.2 Å². The van der Waals surface area contributed by atoms with E-state index in [0.717, 1.165) is 11.6 Å². The minimum Gasteiger partial charge on any atom is -0.488 e. The molecule has 0 saturated heterocycles. The lowest BCUT2D eigenvalue weighted by atomic mass is 10.0. The highest BCUT2D eigenvalue weighted by Gasteiger charge is 2.32. The van der Waals surface area contributed by atoms with Crippen LogP contribution in [0.25, 0.3) is 10.8 Å². The van der Waals surface area contributed by atoms with Gasteiger partial charge in [-0.1, -0.05) is 54.6 Å². The van der Waals surface area contributed by atoms with Gasteiger partial charge < -0.3 is 9.47 Å². The quantitative estimate of drug-likeness (QED) is 0.601. The highest BCUT2D eigenvalue weighted by molar-refractivity contribution is 6.03. The molecule has 3 rings (SSSR count). The average molecular weight is 346 g/mol. The van der Waals surface area contributed by atoms with E-state index in [1.807, 2.05) is 30.3 Å². The summed E-state index contributed by atoms with van der Waals surface area (Å²) in [6.07, 6.45) is -4.28. The Labute approximate surface area is 141 Å². The van der Waals surface area contributed by atoms with Gasteiger partial charge in [0.25, 0.3) is 0 Å². The first-order valence-electron chi connectivity index (χ1n) is 7.41. The van der Waals surface area contributed by atoms with Crippen molar-refractivity contribution in [2.24, 2.45) is 0 Å². The van der Waals surface area contributed by atoms with Gasteiger partial charge >= 0.3 is 6.36 Å². The number of carbonyl (C=O) groups is 1. The zero-order chi connectivity index (χ0) is 17.9. The predicted molar refractivity (Wildman–Crippen MR) is 86.8 cm³/mol. The molecule has 0 fully saturated rings. The molecule has 0 unspecified atom stereocenters. The third kappa shape index (κ3) is 3.91. The summed E-state index contributed by atoms with van der Waals surface area (Å²) in [7, 11) is 0. The van der Waals surface area contributed by atoms with Crippen LogP contribution in [0, 0.1) is 0 Å². The summed E-state index contributed by atoms with van der Waals surface area (Å²) in [5, 5.41) is 0.524. The number of aldehydes is 1. The van der Waals surface area contributed by atoms with E-state index < -0.39 is 12.1 Å². The van der Waals surface area contributed by atoms with E-state index in [9.17, 15) is 18.0 Å². The smallest absolute Gasteiger partial charge is 0.488 e. The first-order chi connectivity index (χ1) is 12.0. The van der Waals surface area contributed by atoms with Crippen LogP contribution >= 0.6 is 0 Å². The molecule has 6 heteroatoms. The van der Waals surface area contributed by atoms with Crippen molar-refractivity contribution in [2.75, 3.05) is 0 Å². The van der Waals surface area contributed by atoms with E-state index in [4.69, 9.17) is 4.74 Å². The normalized spacial score (nSPS) is 11.3. The molecule has 25 heavy (non-hydrogen) atoms. The maximum atomic E-state index is 12.7. The molecule has 0 saturated carbocycles. The van der Waals surface area contributed by atoms with Crippen molar-refractivity contribution in [2.45, 2.75) is 13.0 Å². The maximum absolute atomic E-state index is 12.7. The molecule has 0 radical (unpaired) electrons. The minimum atomic E-state index is -4.85. The summed E-state index contributed by atoms with van der Waals surface area (Å²) in [5.41, 5.74) is 1.01. The topological polar surface area (TPSA) is 35.5 Å². The number of carbonyl (C=O) groups excluding carboxylic acids is 1. The predicted octanol–water partition coefficient (Wildman–Crippen LogP) is 5.13. The fraction of sp³-hybridized carbons (Fsp3) is 0.105. The van der Waals surface area contributed by atoms with Gasteiger partial charge in [0.2, 0.25) is 0 Å². The van der Waals surface area contributed by atoms with Gasteiger partial charge in [0.05, 0.1) is 5.56 Å². The van der Waals surface area contributed by atoms with Gasteiger partial charge in [-0.2, -0.15) is 0 Å². The van der Waals surface area contributed by atoms with Gasteiger partial charge in [-0.15, -0.1) is 13.2 Å².